The van der Waals surface area contributed by atoms with Crippen LogP contribution in [-0.4, -0.2) is 65.7 Å². The van der Waals surface area contributed by atoms with E-state index in [0.29, 0.717) is 32.6 Å². The Morgan fingerprint density at radius 2 is 2.00 bits per heavy atom. The van der Waals surface area contributed by atoms with Crippen LogP contribution in [0.2, 0.25) is 0 Å². The fourth-order valence-electron chi connectivity index (χ4n) is 1.83. The van der Waals surface area contributed by atoms with E-state index >= 15 is 0 Å². The maximum atomic E-state index is 11.8. The summed E-state index contributed by atoms with van der Waals surface area (Å²) in [6.07, 6.45) is 5.68. The normalized spacial score (nSPS) is 17.9. The average Bonchev–Trinajstić information content (AvgIpc) is 2.29. The molecule has 1 aliphatic heterocycles. The number of aliphatic carboxylic acids is 1. The van der Waals surface area contributed by atoms with Gasteiger partial charge in [0, 0.05) is 38.6 Å². The molecule has 1 rings (SSSR count). The molecule has 1 fully saturated rings. The standard InChI is InChI=1S/C12H19N3O3/c1-3-4-10(2)13-12(18)15-7-5-14(6-8-15)9-11(16)17/h1,10H,4-9H2,2H3,(H,13,18)(H,16,17). The monoisotopic (exact) mass is 253 g/mol. The van der Waals surface area contributed by atoms with Crippen molar-refractivity contribution in [2.24, 2.45) is 0 Å². The first-order chi connectivity index (χ1) is 8.52. The summed E-state index contributed by atoms with van der Waals surface area (Å²) in [5, 5.41) is 11.5. The van der Waals surface area contributed by atoms with Gasteiger partial charge in [-0.05, 0) is 6.92 Å². The third-order valence-corrected chi connectivity index (χ3v) is 2.81. The summed E-state index contributed by atoms with van der Waals surface area (Å²) in [5.74, 6) is 1.66. The molecule has 1 heterocycles. The Morgan fingerprint density at radius 3 is 2.50 bits per heavy atom. The minimum Gasteiger partial charge on any atom is -0.480 e. The predicted molar refractivity (Wildman–Crippen MR) is 67.1 cm³/mol. The molecule has 6 heteroatoms. The van der Waals surface area contributed by atoms with E-state index in [2.05, 4.69) is 11.2 Å². The van der Waals surface area contributed by atoms with Crippen LogP contribution in [0, 0.1) is 12.3 Å². The summed E-state index contributed by atoms with van der Waals surface area (Å²) < 4.78 is 0. The first-order valence-electron chi connectivity index (χ1n) is 5.96. The molecule has 100 valence electrons. The highest BCUT2D eigenvalue weighted by atomic mass is 16.4. The van der Waals surface area contributed by atoms with Crippen LogP contribution in [0.1, 0.15) is 13.3 Å². The topological polar surface area (TPSA) is 72.9 Å². The second-order valence-electron chi connectivity index (χ2n) is 4.42. The van der Waals surface area contributed by atoms with E-state index < -0.39 is 5.97 Å². The second kappa shape index (κ2) is 6.87. The lowest BCUT2D eigenvalue weighted by molar-refractivity contribution is -0.138. The molecule has 0 aromatic rings. The molecule has 0 aromatic carbocycles. The first kappa shape index (κ1) is 14.3. The predicted octanol–water partition coefficient (Wildman–Crippen LogP) is -0.190. The van der Waals surface area contributed by atoms with Gasteiger partial charge in [-0.15, -0.1) is 12.3 Å². The molecule has 1 unspecified atom stereocenters. The smallest absolute Gasteiger partial charge is 0.317 e. The van der Waals surface area contributed by atoms with Crippen LogP contribution in [-0.2, 0) is 4.79 Å². The lowest BCUT2D eigenvalue weighted by Crippen LogP contribution is -2.53. The lowest BCUT2D eigenvalue weighted by Gasteiger charge is -2.34. The number of hydrogen-bond donors (Lipinski definition) is 2. The maximum absolute atomic E-state index is 11.8. The molecule has 0 radical (unpaired) electrons. The van der Waals surface area contributed by atoms with Crippen molar-refractivity contribution in [1.29, 1.82) is 0 Å². The van der Waals surface area contributed by atoms with Crippen LogP contribution < -0.4 is 5.32 Å². The van der Waals surface area contributed by atoms with Crippen LogP contribution in [0.4, 0.5) is 4.79 Å². The van der Waals surface area contributed by atoms with Gasteiger partial charge in [0.2, 0.25) is 0 Å². The Morgan fingerprint density at radius 1 is 1.39 bits per heavy atom. The molecular formula is C12H19N3O3. The minimum absolute atomic E-state index is 0.0307. The molecule has 0 aliphatic carbocycles. The number of terminal acetylenes is 1. The number of amides is 2. The van der Waals surface area contributed by atoms with Gasteiger partial charge in [0.25, 0.3) is 0 Å². The van der Waals surface area contributed by atoms with Crippen molar-refractivity contribution < 1.29 is 14.7 Å². The number of rotatable bonds is 4. The third-order valence-electron chi connectivity index (χ3n) is 2.81. The summed E-state index contributed by atoms with van der Waals surface area (Å²) >= 11 is 0. The Labute approximate surface area is 107 Å². The number of carbonyl (C=O) groups is 2. The van der Waals surface area contributed by atoms with Gasteiger partial charge in [-0.25, -0.2) is 4.79 Å². The average molecular weight is 253 g/mol. The van der Waals surface area contributed by atoms with E-state index in [0.717, 1.165) is 0 Å². The van der Waals surface area contributed by atoms with Crippen molar-refractivity contribution in [3.05, 3.63) is 0 Å². The third kappa shape index (κ3) is 4.63. The number of carbonyl (C=O) groups excluding carboxylic acids is 1. The van der Waals surface area contributed by atoms with Crippen LogP contribution in [0.25, 0.3) is 0 Å². The largest absolute Gasteiger partial charge is 0.480 e. The number of carboxylic acid groups (broad SMARTS) is 1. The molecule has 6 nitrogen and oxygen atoms in total. The number of hydrogen-bond acceptors (Lipinski definition) is 3. The molecule has 0 spiro atoms. The van der Waals surface area contributed by atoms with Crippen LogP contribution >= 0.6 is 0 Å². The van der Waals surface area contributed by atoms with Gasteiger partial charge in [-0.2, -0.15) is 0 Å². The van der Waals surface area contributed by atoms with Crippen LogP contribution in [0.3, 0.4) is 0 Å². The zero-order chi connectivity index (χ0) is 13.5. The summed E-state index contributed by atoms with van der Waals surface area (Å²) in [5.41, 5.74) is 0. The second-order valence-corrected chi connectivity index (χ2v) is 4.42. The van der Waals surface area contributed by atoms with Crippen molar-refractivity contribution in [2.75, 3.05) is 32.7 Å². The zero-order valence-electron chi connectivity index (χ0n) is 10.6. The summed E-state index contributed by atoms with van der Waals surface area (Å²) in [6.45, 7) is 4.15. The van der Waals surface area contributed by atoms with Gasteiger partial charge in [-0.3, -0.25) is 9.69 Å². The SMILES string of the molecule is C#CCC(C)NC(=O)N1CCN(CC(=O)O)CC1. The van der Waals surface area contributed by atoms with Gasteiger partial charge in [-0.1, -0.05) is 0 Å². The molecular weight excluding hydrogens is 234 g/mol. The number of carboxylic acids is 1. The number of nitrogens with one attached hydrogen (secondary N) is 1. The molecule has 0 aromatic heterocycles. The fraction of sp³-hybridized carbons (Fsp3) is 0.667. The van der Waals surface area contributed by atoms with Crippen LogP contribution in [0.15, 0.2) is 0 Å². The van der Waals surface area contributed by atoms with E-state index in [1.165, 1.54) is 0 Å². The molecule has 0 bridgehead atoms. The van der Waals surface area contributed by atoms with Gasteiger partial charge in [0.15, 0.2) is 0 Å². The Hall–Kier alpha value is -1.74. The van der Waals surface area contributed by atoms with E-state index in [9.17, 15) is 9.59 Å². The Bertz CT molecular complexity index is 343. The molecule has 1 aliphatic rings. The molecule has 2 N–H and O–H groups in total. The number of nitrogens with zero attached hydrogens (tertiary/aromatic N) is 2. The van der Waals surface area contributed by atoms with Crippen molar-refractivity contribution in [2.45, 2.75) is 19.4 Å². The van der Waals surface area contributed by atoms with Crippen molar-refractivity contribution in [1.82, 2.24) is 15.1 Å². The van der Waals surface area contributed by atoms with E-state index in [-0.39, 0.29) is 18.6 Å². The summed E-state index contributed by atoms with van der Waals surface area (Å²) in [6, 6.07) is -0.174. The summed E-state index contributed by atoms with van der Waals surface area (Å²) in [7, 11) is 0. The summed E-state index contributed by atoms with van der Waals surface area (Å²) in [4.78, 5) is 25.9. The van der Waals surface area contributed by atoms with Gasteiger partial charge >= 0.3 is 12.0 Å². The van der Waals surface area contributed by atoms with Crippen molar-refractivity contribution >= 4 is 12.0 Å². The molecule has 1 atom stereocenters. The van der Waals surface area contributed by atoms with E-state index in [1.807, 2.05) is 11.8 Å². The molecule has 0 saturated carbocycles. The lowest BCUT2D eigenvalue weighted by atomic mass is 10.2. The fourth-order valence-corrected chi connectivity index (χ4v) is 1.83. The maximum Gasteiger partial charge on any atom is 0.317 e. The quantitative estimate of drug-likeness (QED) is 0.681. The highest BCUT2D eigenvalue weighted by Gasteiger charge is 2.22. The zero-order valence-corrected chi connectivity index (χ0v) is 10.6. The van der Waals surface area contributed by atoms with Gasteiger partial charge < -0.3 is 15.3 Å². The number of urea groups is 1. The highest BCUT2D eigenvalue weighted by molar-refractivity contribution is 5.74. The Kier molecular flexibility index (Phi) is 5.46. The van der Waals surface area contributed by atoms with Crippen LogP contribution in [0.5, 0.6) is 0 Å². The van der Waals surface area contributed by atoms with Gasteiger partial charge in [0.05, 0.1) is 6.54 Å². The van der Waals surface area contributed by atoms with Crippen molar-refractivity contribution in [3.8, 4) is 12.3 Å². The highest BCUT2D eigenvalue weighted by Crippen LogP contribution is 2.02. The first-order valence-corrected chi connectivity index (χ1v) is 5.96. The minimum atomic E-state index is -0.837. The Balaban J connectivity index is 2.32. The molecule has 1 saturated heterocycles. The van der Waals surface area contributed by atoms with Crippen molar-refractivity contribution in [3.63, 3.8) is 0 Å². The molecule has 18 heavy (non-hydrogen) atoms. The molecule has 2 amide bonds. The van der Waals surface area contributed by atoms with E-state index in [4.69, 9.17) is 11.5 Å². The van der Waals surface area contributed by atoms with Gasteiger partial charge in [0.1, 0.15) is 0 Å². The number of piperazine rings is 1. The van der Waals surface area contributed by atoms with E-state index in [1.54, 1.807) is 4.90 Å².